The number of nitrogens with zero attached hydrogens (tertiary/aromatic N) is 1. The van der Waals surface area contributed by atoms with Crippen LogP contribution < -0.4 is 5.32 Å². The van der Waals surface area contributed by atoms with E-state index in [4.69, 9.17) is 0 Å². The van der Waals surface area contributed by atoms with E-state index in [1.165, 1.54) is 11.8 Å². The number of benzene rings is 1. The first-order valence-corrected chi connectivity index (χ1v) is 7.91. The first-order chi connectivity index (χ1) is 10.2. The van der Waals surface area contributed by atoms with E-state index in [-0.39, 0.29) is 18.6 Å². The van der Waals surface area contributed by atoms with Gasteiger partial charge in [-0.15, -0.1) is 11.8 Å². The van der Waals surface area contributed by atoms with Crippen molar-refractivity contribution in [2.24, 2.45) is 0 Å². The Hall–Kier alpha value is -1.85. The number of amides is 1. The lowest BCUT2D eigenvalue weighted by Crippen LogP contribution is -2.39. The maximum atomic E-state index is 12.3. The summed E-state index contributed by atoms with van der Waals surface area (Å²) in [7, 11) is 0. The predicted molar refractivity (Wildman–Crippen MR) is 84.5 cm³/mol. The summed E-state index contributed by atoms with van der Waals surface area (Å²) < 4.78 is 0. The summed E-state index contributed by atoms with van der Waals surface area (Å²) >= 11 is 1.43. The summed E-state index contributed by atoms with van der Waals surface area (Å²) in [5.74, 6) is -0.206. The Kier molecular flexibility index (Phi) is 5.78. The number of carbonyl (C=O) groups is 1. The van der Waals surface area contributed by atoms with Gasteiger partial charge in [-0.25, -0.2) is 4.98 Å². The number of carbonyl (C=O) groups excluding carboxylic acids is 1. The number of aliphatic hydroxyl groups excluding tert-OH is 1. The largest absolute Gasteiger partial charge is 0.394 e. The van der Waals surface area contributed by atoms with Gasteiger partial charge in [0.2, 0.25) is 0 Å². The smallest absolute Gasteiger partial charge is 0.254 e. The Labute approximate surface area is 128 Å². The Morgan fingerprint density at radius 3 is 2.71 bits per heavy atom. The molecule has 1 aromatic heterocycles. The molecular formula is C16H18N2O2S. The minimum atomic E-state index is -0.310. The van der Waals surface area contributed by atoms with Crippen LogP contribution in [-0.4, -0.2) is 34.9 Å². The van der Waals surface area contributed by atoms with Crippen molar-refractivity contribution in [2.75, 3.05) is 12.9 Å². The standard InChI is InChI=1S/C16H18N2O2S/c1-21-16-14(8-5-9-17-16)15(20)18-13(11-19)10-12-6-3-2-4-7-12/h2-9,13,19H,10-11H2,1H3,(H,18,20)/t13-/m1/s1. The van der Waals surface area contributed by atoms with Crippen LogP contribution in [0, 0.1) is 0 Å². The molecule has 0 radical (unpaired) electrons. The molecule has 2 rings (SSSR count). The molecule has 0 saturated carbocycles. The molecule has 2 N–H and O–H groups in total. The van der Waals surface area contributed by atoms with Crippen LogP contribution in [0.3, 0.4) is 0 Å². The molecule has 21 heavy (non-hydrogen) atoms. The van der Waals surface area contributed by atoms with E-state index < -0.39 is 0 Å². The van der Waals surface area contributed by atoms with E-state index in [0.717, 1.165) is 5.56 Å². The molecule has 4 nitrogen and oxygen atoms in total. The van der Waals surface area contributed by atoms with E-state index in [1.54, 1.807) is 18.3 Å². The van der Waals surface area contributed by atoms with E-state index in [2.05, 4.69) is 10.3 Å². The van der Waals surface area contributed by atoms with Crippen LogP contribution in [-0.2, 0) is 6.42 Å². The average molecular weight is 302 g/mol. The van der Waals surface area contributed by atoms with Crippen molar-refractivity contribution in [1.82, 2.24) is 10.3 Å². The third-order valence-corrected chi connectivity index (χ3v) is 3.80. The predicted octanol–water partition coefficient (Wildman–Crippen LogP) is 2.14. The second-order valence-corrected chi connectivity index (χ2v) is 5.40. The van der Waals surface area contributed by atoms with Crippen LogP contribution in [0.5, 0.6) is 0 Å². The van der Waals surface area contributed by atoms with Gasteiger partial charge in [0, 0.05) is 6.20 Å². The number of aromatic nitrogens is 1. The molecule has 1 heterocycles. The topological polar surface area (TPSA) is 62.2 Å². The lowest BCUT2D eigenvalue weighted by Gasteiger charge is -2.17. The first kappa shape index (κ1) is 15.5. The molecule has 0 fully saturated rings. The zero-order chi connectivity index (χ0) is 15.1. The van der Waals surface area contributed by atoms with Crippen molar-refractivity contribution in [3.05, 3.63) is 59.8 Å². The highest BCUT2D eigenvalue weighted by molar-refractivity contribution is 7.98. The minimum Gasteiger partial charge on any atom is -0.394 e. The Morgan fingerprint density at radius 2 is 2.05 bits per heavy atom. The molecule has 0 unspecified atom stereocenters. The van der Waals surface area contributed by atoms with Crippen LogP contribution in [0.25, 0.3) is 0 Å². The minimum absolute atomic E-state index is 0.102. The zero-order valence-corrected chi connectivity index (χ0v) is 12.6. The fourth-order valence-electron chi connectivity index (χ4n) is 2.05. The lowest BCUT2D eigenvalue weighted by atomic mass is 10.1. The quantitative estimate of drug-likeness (QED) is 0.803. The molecule has 110 valence electrons. The second kappa shape index (κ2) is 7.81. The van der Waals surface area contributed by atoms with Gasteiger partial charge in [-0.3, -0.25) is 4.79 Å². The number of aliphatic hydroxyl groups is 1. The van der Waals surface area contributed by atoms with E-state index in [0.29, 0.717) is 17.0 Å². The molecule has 0 aliphatic rings. The summed E-state index contributed by atoms with van der Waals surface area (Å²) in [6.07, 6.45) is 4.14. The van der Waals surface area contributed by atoms with Crippen LogP contribution in [0.4, 0.5) is 0 Å². The van der Waals surface area contributed by atoms with E-state index in [1.807, 2.05) is 36.6 Å². The van der Waals surface area contributed by atoms with Crippen LogP contribution in [0.2, 0.25) is 0 Å². The monoisotopic (exact) mass is 302 g/mol. The summed E-state index contributed by atoms with van der Waals surface area (Å²) in [5.41, 5.74) is 1.62. The van der Waals surface area contributed by atoms with Gasteiger partial charge in [0.25, 0.3) is 5.91 Å². The van der Waals surface area contributed by atoms with Gasteiger partial charge < -0.3 is 10.4 Å². The van der Waals surface area contributed by atoms with Crippen LogP contribution in [0.1, 0.15) is 15.9 Å². The van der Waals surface area contributed by atoms with E-state index in [9.17, 15) is 9.90 Å². The fourth-order valence-corrected chi connectivity index (χ4v) is 2.60. The molecular weight excluding hydrogens is 284 g/mol. The fraction of sp³-hybridized carbons (Fsp3) is 0.250. The van der Waals surface area contributed by atoms with Gasteiger partial charge in [0.15, 0.2) is 0 Å². The van der Waals surface area contributed by atoms with Gasteiger partial charge in [-0.05, 0) is 30.4 Å². The number of rotatable bonds is 6. The average Bonchev–Trinajstić information content (AvgIpc) is 2.55. The summed E-state index contributed by atoms with van der Waals surface area (Å²) in [6, 6.07) is 13.0. The summed E-state index contributed by atoms with van der Waals surface area (Å²) in [5, 5.41) is 13.0. The number of hydrogen-bond donors (Lipinski definition) is 2. The highest BCUT2D eigenvalue weighted by Gasteiger charge is 2.16. The molecule has 0 spiro atoms. The van der Waals surface area contributed by atoms with Gasteiger partial charge in [0.05, 0.1) is 18.2 Å². The Morgan fingerprint density at radius 1 is 1.29 bits per heavy atom. The third-order valence-electron chi connectivity index (χ3n) is 3.09. The normalized spacial score (nSPS) is 11.9. The molecule has 5 heteroatoms. The molecule has 1 aromatic carbocycles. The third kappa shape index (κ3) is 4.31. The highest BCUT2D eigenvalue weighted by atomic mass is 32.2. The van der Waals surface area contributed by atoms with Crippen molar-refractivity contribution in [3.63, 3.8) is 0 Å². The highest BCUT2D eigenvalue weighted by Crippen LogP contribution is 2.16. The first-order valence-electron chi connectivity index (χ1n) is 6.69. The number of nitrogens with one attached hydrogen (secondary N) is 1. The molecule has 0 aliphatic heterocycles. The van der Waals surface area contributed by atoms with Gasteiger partial charge in [0.1, 0.15) is 5.03 Å². The second-order valence-electron chi connectivity index (χ2n) is 4.60. The molecule has 1 atom stereocenters. The number of hydrogen-bond acceptors (Lipinski definition) is 4. The maximum Gasteiger partial charge on any atom is 0.254 e. The lowest BCUT2D eigenvalue weighted by molar-refractivity contribution is 0.0913. The molecule has 1 amide bonds. The van der Waals surface area contributed by atoms with Crippen molar-refractivity contribution in [1.29, 1.82) is 0 Å². The van der Waals surface area contributed by atoms with E-state index >= 15 is 0 Å². The van der Waals surface area contributed by atoms with Crippen LogP contribution in [0.15, 0.2) is 53.7 Å². The van der Waals surface area contributed by atoms with Crippen molar-refractivity contribution >= 4 is 17.7 Å². The van der Waals surface area contributed by atoms with Crippen LogP contribution >= 0.6 is 11.8 Å². The maximum absolute atomic E-state index is 12.3. The Balaban J connectivity index is 2.06. The number of pyridine rings is 1. The summed E-state index contributed by atoms with van der Waals surface area (Å²) in [4.78, 5) is 16.5. The molecule has 2 aromatic rings. The number of thioether (sulfide) groups is 1. The van der Waals surface area contributed by atoms with Gasteiger partial charge in [-0.1, -0.05) is 30.3 Å². The van der Waals surface area contributed by atoms with Crippen molar-refractivity contribution < 1.29 is 9.90 Å². The zero-order valence-electron chi connectivity index (χ0n) is 11.8. The summed E-state index contributed by atoms with van der Waals surface area (Å²) in [6.45, 7) is -0.102. The van der Waals surface area contributed by atoms with Gasteiger partial charge in [-0.2, -0.15) is 0 Å². The molecule has 0 bridgehead atoms. The molecule has 0 saturated heterocycles. The van der Waals surface area contributed by atoms with Crippen molar-refractivity contribution in [2.45, 2.75) is 17.5 Å². The van der Waals surface area contributed by atoms with Gasteiger partial charge >= 0.3 is 0 Å². The van der Waals surface area contributed by atoms with Crippen molar-refractivity contribution in [3.8, 4) is 0 Å². The Bertz CT molecular complexity index is 590. The SMILES string of the molecule is CSc1ncccc1C(=O)N[C@@H](CO)Cc1ccccc1. The molecule has 0 aliphatic carbocycles.